The third-order valence-electron chi connectivity index (χ3n) is 6.02. The van der Waals surface area contributed by atoms with E-state index in [1.54, 1.807) is 0 Å². The quantitative estimate of drug-likeness (QED) is 0.225. The highest BCUT2D eigenvalue weighted by atomic mass is 16.3. The molecular formula is C28H23N2O+. The van der Waals surface area contributed by atoms with E-state index in [4.69, 9.17) is 11.0 Å². The molecule has 0 amide bonds. The number of aromatic nitrogens is 1. The average molecular weight is 404 g/mol. The molecule has 0 N–H and O–H groups in total. The fraction of sp³-hybridized carbons (Fsp3) is 0.143. The van der Waals surface area contributed by atoms with Crippen molar-refractivity contribution < 1.29 is 8.98 Å². The zero-order valence-electron chi connectivity index (χ0n) is 18.2. The minimum absolute atomic E-state index is 0.606. The molecule has 2 heterocycles. The number of pyridine rings is 1. The van der Waals surface area contributed by atoms with Crippen LogP contribution < -0.4 is 4.57 Å². The minimum Gasteiger partial charge on any atom is -0.456 e. The lowest BCUT2D eigenvalue weighted by atomic mass is 9.97. The standard InChI is InChI=1S/C28H23N2O/c1-17-6-9-20(10-7-17)26-23(29-4)13-12-22-21-11-8-19(3)25(27(21)31-28(22)26)24-16-18(2)14-15-30(24)5/h6-16H,1-3,5H3/q+1. The van der Waals surface area contributed by atoms with Crippen LogP contribution >= 0.6 is 0 Å². The smallest absolute Gasteiger partial charge is 0.216 e. The monoisotopic (exact) mass is 403 g/mol. The Morgan fingerprint density at radius 1 is 0.774 bits per heavy atom. The molecular weight excluding hydrogens is 380 g/mol. The van der Waals surface area contributed by atoms with Crippen LogP contribution in [0.15, 0.2) is 71.3 Å². The van der Waals surface area contributed by atoms with E-state index in [1.807, 2.05) is 12.1 Å². The molecule has 3 heteroatoms. The van der Waals surface area contributed by atoms with Crippen LogP contribution in [0.2, 0.25) is 0 Å². The lowest BCUT2D eigenvalue weighted by Crippen LogP contribution is -2.30. The lowest BCUT2D eigenvalue weighted by molar-refractivity contribution is -0.660. The number of hydrogen-bond donors (Lipinski definition) is 0. The number of fused-ring (bicyclic) bond motifs is 3. The summed E-state index contributed by atoms with van der Waals surface area (Å²) in [4.78, 5) is 3.80. The molecule has 5 rings (SSSR count). The van der Waals surface area contributed by atoms with E-state index in [0.717, 1.165) is 49.9 Å². The lowest BCUT2D eigenvalue weighted by Gasteiger charge is -2.06. The largest absolute Gasteiger partial charge is 0.456 e. The Kier molecular flexibility index (Phi) is 4.38. The molecule has 0 saturated heterocycles. The van der Waals surface area contributed by atoms with E-state index in [-0.39, 0.29) is 0 Å². The van der Waals surface area contributed by atoms with Crippen molar-refractivity contribution in [2.24, 2.45) is 7.05 Å². The van der Waals surface area contributed by atoms with Crippen LogP contribution in [-0.2, 0) is 7.05 Å². The van der Waals surface area contributed by atoms with Gasteiger partial charge in [-0.15, -0.1) is 0 Å². The Labute approximate surface area is 182 Å². The van der Waals surface area contributed by atoms with Crippen LogP contribution in [0.4, 0.5) is 5.69 Å². The summed E-state index contributed by atoms with van der Waals surface area (Å²) in [6, 6.07) is 20.8. The number of nitrogens with zero attached hydrogens (tertiary/aromatic N) is 2. The molecule has 2 aromatic heterocycles. The van der Waals surface area contributed by atoms with Crippen molar-refractivity contribution in [2.75, 3.05) is 0 Å². The zero-order chi connectivity index (χ0) is 21.7. The molecule has 0 radical (unpaired) electrons. The summed E-state index contributed by atoms with van der Waals surface area (Å²) < 4.78 is 8.75. The fourth-order valence-corrected chi connectivity index (χ4v) is 4.33. The van der Waals surface area contributed by atoms with Gasteiger partial charge in [0.25, 0.3) is 0 Å². The van der Waals surface area contributed by atoms with E-state index < -0.39 is 0 Å². The highest BCUT2D eigenvalue weighted by Crippen LogP contribution is 2.44. The fourth-order valence-electron chi connectivity index (χ4n) is 4.33. The second kappa shape index (κ2) is 7.11. The molecule has 0 fully saturated rings. The highest BCUT2D eigenvalue weighted by Gasteiger charge is 2.23. The molecule has 0 aliphatic carbocycles. The number of furan rings is 1. The van der Waals surface area contributed by atoms with Gasteiger partial charge in [-0.1, -0.05) is 54.1 Å². The van der Waals surface area contributed by atoms with Gasteiger partial charge in [0.05, 0.1) is 12.1 Å². The first-order valence-corrected chi connectivity index (χ1v) is 10.4. The third kappa shape index (κ3) is 3.00. The van der Waals surface area contributed by atoms with Crippen molar-refractivity contribution in [3.63, 3.8) is 0 Å². The molecule has 3 nitrogen and oxygen atoms in total. The molecule has 5 aromatic rings. The van der Waals surface area contributed by atoms with Gasteiger partial charge in [-0.2, -0.15) is 0 Å². The molecule has 31 heavy (non-hydrogen) atoms. The predicted molar refractivity (Wildman–Crippen MR) is 126 cm³/mol. The Hall–Kier alpha value is -3.90. The van der Waals surface area contributed by atoms with E-state index in [1.165, 1.54) is 11.1 Å². The normalized spacial score (nSPS) is 11.2. The minimum atomic E-state index is 0.606. The predicted octanol–water partition coefficient (Wildman–Crippen LogP) is 7.22. The van der Waals surface area contributed by atoms with Gasteiger partial charge in [-0.3, -0.25) is 0 Å². The highest BCUT2D eigenvalue weighted by molar-refractivity contribution is 6.15. The maximum absolute atomic E-state index is 7.73. The van der Waals surface area contributed by atoms with Gasteiger partial charge in [0, 0.05) is 28.5 Å². The van der Waals surface area contributed by atoms with Gasteiger partial charge in [0.2, 0.25) is 5.69 Å². The van der Waals surface area contributed by atoms with Crippen LogP contribution in [0.5, 0.6) is 0 Å². The average Bonchev–Trinajstić information content (AvgIpc) is 3.14. The van der Waals surface area contributed by atoms with Gasteiger partial charge in [0.15, 0.2) is 11.9 Å². The number of hydrogen-bond acceptors (Lipinski definition) is 1. The first kappa shape index (κ1) is 19.1. The van der Waals surface area contributed by atoms with Gasteiger partial charge in [-0.25, -0.2) is 9.41 Å². The molecule has 0 aliphatic rings. The molecule has 3 aromatic carbocycles. The first-order chi connectivity index (χ1) is 15.0. The Bertz CT molecular complexity index is 1520. The van der Waals surface area contributed by atoms with Crippen molar-refractivity contribution >= 4 is 27.6 Å². The van der Waals surface area contributed by atoms with E-state index in [0.29, 0.717) is 5.69 Å². The van der Waals surface area contributed by atoms with Gasteiger partial charge < -0.3 is 4.42 Å². The molecule has 0 bridgehead atoms. The Morgan fingerprint density at radius 3 is 2.16 bits per heavy atom. The molecule has 0 unspecified atom stereocenters. The Morgan fingerprint density at radius 2 is 1.45 bits per heavy atom. The number of rotatable bonds is 2. The summed E-state index contributed by atoms with van der Waals surface area (Å²) in [7, 11) is 2.06. The topological polar surface area (TPSA) is 21.4 Å². The maximum Gasteiger partial charge on any atom is 0.216 e. The van der Waals surface area contributed by atoms with Crippen LogP contribution in [0.3, 0.4) is 0 Å². The van der Waals surface area contributed by atoms with Gasteiger partial charge >= 0.3 is 0 Å². The number of benzene rings is 3. The van der Waals surface area contributed by atoms with E-state index >= 15 is 0 Å². The SMILES string of the molecule is [C-]#[N+]c1ccc2c(oc3c(-c4cc(C)cc[n+]4C)c(C)ccc32)c1-c1ccc(C)cc1. The van der Waals surface area contributed by atoms with Crippen molar-refractivity contribution in [1.82, 2.24) is 0 Å². The summed E-state index contributed by atoms with van der Waals surface area (Å²) >= 11 is 0. The van der Waals surface area contributed by atoms with Crippen LogP contribution in [-0.4, -0.2) is 0 Å². The third-order valence-corrected chi connectivity index (χ3v) is 6.02. The molecule has 150 valence electrons. The summed E-state index contributed by atoms with van der Waals surface area (Å²) in [6.07, 6.45) is 2.08. The summed E-state index contributed by atoms with van der Waals surface area (Å²) in [6.45, 7) is 14.0. The second-order valence-corrected chi connectivity index (χ2v) is 8.25. The molecule has 0 aliphatic heterocycles. The van der Waals surface area contributed by atoms with Crippen molar-refractivity contribution in [1.29, 1.82) is 0 Å². The molecule has 0 saturated carbocycles. The molecule has 0 atom stereocenters. The van der Waals surface area contributed by atoms with Crippen LogP contribution in [0, 0.1) is 27.3 Å². The number of aryl methyl sites for hydroxylation is 4. The summed E-state index contributed by atoms with van der Waals surface area (Å²) in [5, 5.41) is 2.11. The van der Waals surface area contributed by atoms with Gasteiger partial charge in [0.1, 0.15) is 18.2 Å². The van der Waals surface area contributed by atoms with Gasteiger partial charge in [-0.05, 0) is 37.5 Å². The molecule has 0 spiro atoms. The van der Waals surface area contributed by atoms with Crippen LogP contribution in [0.25, 0.3) is 49.2 Å². The maximum atomic E-state index is 7.73. The summed E-state index contributed by atoms with van der Waals surface area (Å²) in [5.41, 5.74) is 9.88. The van der Waals surface area contributed by atoms with Crippen molar-refractivity contribution in [2.45, 2.75) is 20.8 Å². The van der Waals surface area contributed by atoms with Crippen molar-refractivity contribution in [3.05, 3.63) is 95.0 Å². The Balaban J connectivity index is 1.91. The first-order valence-electron chi connectivity index (χ1n) is 10.4. The summed E-state index contributed by atoms with van der Waals surface area (Å²) in [5.74, 6) is 0. The van der Waals surface area contributed by atoms with Crippen LogP contribution in [0.1, 0.15) is 16.7 Å². The van der Waals surface area contributed by atoms with E-state index in [9.17, 15) is 0 Å². The van der Waals surface area contributed by atoms with Crippen molar-refractivity contribution in [3.8, 4) is 22.4 Å². The van der Waals surface area contributed by atoms with E-state index in [2.05, 4.69) is 92.0 Å². The second-order valence-electron chi connectivity index (χ2n) is 8.25. The zero-order valence-corrected chi connectivity index (χ0v) is 18.2.